The van der Waals surface area contributed by atoms with E-state index in [1.807, 2.05) is 0 Å². The van der Waals surface area contributed by atoms with E-state index in [0.717, 1.165) is 99.6 Å². The second-order valence-corrected chi connectivity index (χ2v) is 23.8. The summed E-state index contributed by atoms with van der Waals surface area (Å²) < 4.78 is 6.94. The molecule has 53 heavy (non-hydrogen) atoms. The van der Waals surface area contributed by atoms with Crippen LogP contribution in [-0.4, -0.2) is 45.7 Å². The lowest BCUT2D eigenvalue weighted by Crippen LogP contribution is -2.57. The van der Waals surface area contributed by atoms with Gasteiger partial charge in [0.25, 0.3) is 0 Å². The third-order valence-corrected chi connectivity index (χ3v) is 22.5. The van der Waals surface area contributed by atoms with Gasteiger partial charge in [-0.2, -0.15) is 11.8 Å². The van der Waals surface area contributed by atoms with Gasteiger partial charge in [-0.3, -0.25) is 4.90 Å². The number of thioether (sulfide) groups is 1. The molecule has 9 saturated carbocycles. The Morgan fingerprint density at radius 1 is 0.340 bits per heavy atom. The van der Waals surface area contributed by atoms with Crippen molar-refractivity contribution in [1.29, 1.82) is 0 Å². The van der Waals surface area contributed by atoms with Gasteiger partial charge in [0.1, 0.15) is 0 Å². The Hall–Kier alpha value is 0.270. The molecule has 0 N–H and O–H groups in total. The van der Waals surface area contributed by atoms with Gasteiger partial charge in [-0.1, -0.05) is 70.6 Å². The van der Waals surface area contributed by atoms with E-state index in [-0.39, 0.29) is 0 Å². The van der Waals surface area contributed by atoms with Crippen LogP contribution in [0.25, 0.3) is 0 Å². The monoisotopic (exact) mass is 744 g/mol. The van der Waals surface area contributed by atoms with Crippen LogP contribution in [0.1, 0.15) is 199 Å². The van der Waals surface area contributed by atoms with Crippen molar-refractivity contribution in [1.82, 2.24) is 4.90 Å². The van der Waals surface area contributed by atoms with Crippen LogP contribution in [-0.2, 0) is 4.74 Å². The number of fused-ring (bicyclic) bond motifs is 10. The van der Waals surface area contributed by atoms with E-state index in [0.29, 0.717) is 12.2 Å². The van der Waals surface area contributed by atoms with Gasteiger partial charge in [0, 0.05) is 34.5 Å². The van der Waals surface area contributed by atoms with Crippen LogP contribution in [0.2, 0.25) is 0 Å². The van der Waals surface area contributed by atoms with E-state index < -0.39 is 0 Å². The standard InChI is InChI=1S/C50H81NOS/c1-2-9-32(10-3-1)33-19-24-38(25-20-33)51(39-26-21-34(22-27-39)36-23-28-41-37(31-36)18-17-35-11-4-5-12-40(35)41)45-15-8-14-42-43-29-30-47-48(50(43)53-49(42)45)44-13-6-7-16-46(44)52-47/h32-50H,1-31H2. The molecule has 0 aromatic carbocycles. The second-order valence-electron chi connectivity index (χ2n) is 22.5. The first-order valence-corrected chi connectivity index (χ1v) is 26.3. The normalized spacial score (nSPS) is 53.2. The lowest BCUT2D eigenvalue weighted by atomic mass is 9.55. The summed E-state index contributed by atoms with van der Waals surface area (Å²) in [5.41, 5.74) is 0. The molecule has 0 spiro atoms. The molecule has 11 fully saturated rings. The van der Waals surface area contributed by atoms with E-state index in [2.05, 4.69) is 16.7 Å². The largest absolute Gasteiger partial charge is 0.374 e. The fourth-order valence-corrected chi connectivity index (χ4v) is 20.7. The number of hydrogen-bond donors (Lipinski definition) is 0. The Morgan fingerprint density at radius 3 is 1.70 bits per heavy atom. The smallest absolute Gasteiger partial charge is 0.0621 e. The van der Waals surface area contributed by atoms with Gasteiger partial charge in [0.05, 0.1) is 12.2 Å². The third-order valence-electron chi connectivity index (χ3n) is 20.5. The minimum absolute atomic E-state index is 0.615. The molecule has 11 aliphatic rings. The highest BCUT2D eigenvalue weighted by Gasteiger charge is 2.60. The maximum atomic E-state index is 6.94. The van der Waals surface area contributed by atoms with Crippen LogP contribution < -0.4 is 0 Å². The summed E-state index contributed by atoms with van der Waals surface area (Å²) >= 11 is 2.62. The molecule has 0 aromatic rings. The Kier molecular flexibility index (Phi) is 10.8. The molecule has 14 atom stereocenters. The molecule has 0 amide bonds. The van der Waals surface area contributed by atoms with Crippen LogP contribution in [0.3, 0.4) is 0 Å². The molecule has 0 aromatic heterocycles. The van der Waals surface area contributed by atoms with Crippen LogP contribution in [0.5, 0.6) is 0 Å². The number of nitrogens with zero attached hydrogens (tertiary/aromatic N) is 1. The highest BCUT2D eigenvalue weighted by atomic mass is 32.2. The highest BCUT2D eigenvalue weighted by molar-refractivity contribution is 8.00. The number of hydrogen-bond acceptors (Lipinski definition) is 3. The number of ether oxygens (including phenoxy) is 1. The minimum atomic E-state index is 0.615. The van der Waals surface area contributed by atoms with Gasteiger partial charge in [-0.25, -0.2) is 0 Å². The maximum Gasteiger partial charge on any atom is 0.0621 e. The molecule has 2 heterocycles. The van der Waals surface area contributed by atoms with Crippen LogP contribution >= 0.6 is 11.8 Å². The minimum Gasteiger partial charge on any atom is -0.374 e. The van der Waals surface area contributed by atoms with Crippen molar-refractivity contribution in [2.75, 3.05) is 0 Å². The Labute approximate surface area is 331 Å². The van der Waals surface area contributed by atoms with E-state index in [9.17, 15) is 0 Å². The van der Waals surface area contributed by atoms with E-state index in [1.165, 1.54) is 70.6 Å². The molecule has 2 saturated heterocycles. The summed E-state index contributed by atoms with van der Waals surface area (Å²) in [6, 6.07) is 2.68. The van der Waals surface area contributed by atoms with Gasteiger partial charge in [-0.15, -0.1) is 0 Å². The van der Waals surface area contributed by atoms with Crippen molar-refractivity contribution in [3.63, 3.8) is 0 Å². The van der Waals surface area contributed by atoms with Crippen LogP contribution in [0.4, 0.5) is 0 Å². The SMILES string of the molecule is C1CCC(C2CCC(N(C3CCC(C4CCC5C(CCC6CCCCC65)C4)CC3)C3CCCC4C5CCC6OC7CCCCC7C6C5SC43)CC2)CC1. The molecule has 0 radical (unpaired) electrons. The predicted molar refractivity (Wildman–Crippen MR) is 222 cm³/mol. The summed E-state index contributed by atoms with van der Waals surface area (Å²) in [5.74, 6) is 12.6. The average molecular weight is 744 g/mol. The summed E-state index contributed by atoms with van der Waals surface area (Å²) in [5, 5.41) is 1.86. The van der Waals surface area contributed by atoms with Gasteiger partial charge in [0.15, 0.2) is 0 Å². The summed E-state index contributed by atoms with van der Waals surface area (Å²) in [6.45, 7) is 0. The molecule has 2 nitrogen and oxygen atoms in total. The first-order chi connectivity index (χ1) is 26.3. The Morgan fingerprint density at radius 2 is 0.887 bits per heavy atom. The van der Waals surface area contributed by atoms with Crippen molar-refractivity contribution < 1.29 is 4.74 Å². The van der Waals surface area contributed by atoms with Gasteiger partial charge in [-0.05, 0) is 194 Å². The topological polar surface area (TPSA) is 12.5 Å². The summed E-state index contributed by atoms with van der Waals surface area (Å²) in [6.07, 6.45) is 49.0. The van der Waals surface area contributed by atoms with E-state index in [1.54, 1.807) is 128 Å². The molecule has 3 heteroatoms. The average Bonchev–Trinajstić information content (AvgIpc) is 3.81. The van der Waals surface area contributed by atoms with E-state index >= 15 is 0 Å². The number of rotatable bonds is 5. The van der Waals surface area contributed by atoms with Crippen molar-refractivity contribution >= 4 is 11.8 Å². The van der Waals surface area contributed by atoms with E-state index in [4.69, 9.17) is 4.74 Å². The molecule has 14 unspecified atom stereocenters. The van der Waals surface area contributed by atoms with Gasteiger partial charge in [0.2, 0.25) is 0 Å². The Balaban J connectivity index is 0.798. The fraction of sp³-hybridized carbons (Fsp3) is 1.00. The first kappa shape index (κ1) is 36.4. The molecular weight excluding hydrogens is 663 g/mol. The quantitative estimate of drug-likeness (QED) is 0.278. The van der Waals surface area contributed by atoms with Gasteiger partial charge < -0.3 is 4.74 Å². The molecular formula is C50H81NOS. The zero-order chi connectivity index (χ0) is 34.9. The molecule has 0 bridgehead atoms. The van der Waals surface area contributed by atoms with Crippen LogP contribution in [0, 0.1) is 71.0 Å². The molecule has 11 rings (SSSR count). The van der Waals surface area contributed by atoms with Crippen molar-refractivity contribution in [2.24, 2.45) is 71.0 Å². The Bertz CT molecular complexity index is 1220. The van der Waals surface area contributed by atoms with Crippen molar-refractivity contribution in [3.05, 3.63) is 0 Å². The lowest BCUT2D eigenvalue weighted by molar-refractivity contribution is -0.0257. The lowest BCUT2D eigenvalue weighted by Gasteiger charge is -2.53. The van der Waals surface area contributed by atoms with Crippen LogP contribution in [0.15, 0.2) is 0 Å². The molecule has 9 aliphatic carbocycles. The van der Waals surface area contributed by atoms with Gasteiger partial charge >= 0.3 is 0 Å². The third kappa shape index (κ3) is 6.81. The molecule has 2 aliphatic heterocycles. The zero-order valence-electron chi connectivity index (χ0n) is 34.2. The van der Waals surface area contributed by atoms with Crippen molar-refractivity contribution in [3.8, 4) is 0 Å². The fourth-order valence-electron chi connectivity index (χ4n) is 18.2. The zero-order valence-corrected chi connectivity index (χ0v) is 35.0. The maximum absolute atomic E-state index is 6.94. The predicted octanol–water partition coefficient (Wildman–Crippen LogP) is 13.3. The first-order valence-electron chi connectivity index (χ1n) is 25.3. The summed E-state index contributed by atoms with van der Waals surface area (Å²) in [4.78, 5) is 3.43. The van der Waals surface area contributed by atoms with Crippen molar-refractivity contribution in [2.45, 2.75) is 240 Å². The highest BCUT2D eigenvalue weighted by Crippen LogP contribution is 2.63. The second kappa shape index (κ2) is 15.8. The summed E-state index contributed by atoms with van der Waals surface area (Å²) in [7, 11) is 0. The molecule has 298 valence electrons.